The Morgan fingerprint density at radius 2 is 1.90 bits per heavy atom. The van der Waals surface area contributed by atoms with Crippen LogP contribution in [0.2, 0.25) is 0 Å². The van der Waals surface area contributed by atoms with Crippen LogP contribution >= 0.6 is 0 Å². The Labute approximate surface area is 122 Å². The highest BCUT2D eigenvalue weighted by molar-refractivity contribution is 5.20. The highest BCUT2D eigenvalue weighted by Crippen LogP contribution is 2.30. The molecule has 110 valence electrons. The fourth-order valence-corrected chi connectivity index (χ4v) is 3.61. The standard InChI is InChI=1S/C17H26N2O/c1-3-7-16(8-4-1)20-14-13-19-12-11-18-17(15-19)9-5-2-6-10-17/h1,3-4,7-8,18H,2,5-6,9-15H2. The van der Waals surface area contributed by atoms with Gasteiger partial charge in [-0.1, -0.05) is 37.5 Å². The maximum Gasteiger partial charge on any atom is 0.119 e. The van der Waals surface area contributed by atoms with Gasteiger partial charge < -0.3 is 10.1 Å². The molecule has 1 aliphatic heterocycles. The Kier molecular flexibility index (Phi) is 4.58. The van der Waals surface area contributed by atoms with E-state index in [0.717, 1.165) is 32.0 Å². The zero-order valence-electron chi connectivity index (χ0n) is 12.3. The summed E-state index contributed by atoms with van der Waals surface area (Å²) in [6.07, 6.45) is 6.90. The van der Waals surface area contributed by atoms with Gasteiger partial charge in [-0.15, -0.1) is 0 Å². The molecule has 20 heavy (non-hydrogen) atoms. The lowest BCUT2D eigenvalue weighted by molar-refractivity contribution is 0.0880. The largest absolute Gasteiger partial charge is 0.492 e. The first kappa shape index (κ1) is 13.9. The summed E-state index contributed by atoms with van der Waals surface area (Å²) in [5.41, 5.74) is 0.406. The van der Waals surface area contributed by atoms with Gasteiger partial charge in [-0.3, -0.25) is 4.90 Å². The van der Waals surface area contributed by atoms with Crippen LogP contribution in [-0.4, -0.2) is 43.2 Å². The van der Waals surface area contributed by atoms with E-state index in [1.54, 1.807) is 0 Å². The number of piperazine rings is 1. The Hall–Kier alpha value is -1.06. The normalized spacial score (nSPS) is 22.8. The Bertz CT molecular complexity index is 395. The fraction of sp³-hybridized carbons (Fsp3) is 0.647. The van der Waals surface area contributed by atoms with Gasteiger partial charge in [0.05, 0.1) is 0 Å². The molecule has 1 aromatic carbocycles. The van der Waals surface area contributed by atoms with E-state index < -0.39 is 0 Å². The SMILES string of the molecule is c1ccc(OCCN2CCNC3(CCCCC3)C2)cc1. The molecule has 0 radical (unpaired) electrons. The van der Waals surface area contributed by atoms with Crippen molar-refractivity contribution in [2.24, 2.45) is 0 Å². The molecule has 3 rings (SSSR count). The van der Waals surface area contributed by atoms with Crippen LogP contribution in [0, 0.1) is 0 Å². The van der Waals surface area contributed by atoms with Crippen molar-refractivity contribution in [3.05, 3.63) is 30.3 Å². The first-order valence-corrected chi connectivity index (χ1v) is 8.02. The highest BCUT2D eigenvalue weighted by Gasteiger charge is 2.35. The topological polar surface area (TPSA) is 24.5 Å². The lowest BCUT2D eigenvalue weighted by Crippen LogP contribution is -2.61. The Balaban J connectivity index is 1.45. The lowest BCUT2D eigenvalue weighted by Gasteiger charge is -2.46. The first-order chi connectivity index (χ1) is 9.86. The van der Waals surface area contributed by atoms with Crippen molar-refractivity contribution in [3.8, 4) is 5.75 Å². The second kappa shape index (κ2) is 6.59. The molecular weight excluding hydrogens is 248 g/mol. The van der Waals surface area contributed by atoms with E-state index in [1.165, 1.54) is 38.6 Å². The van der Waals surface area contributed by atoms with Crippen LogP contribution in [0.25, 0.3) is 0 Å². The van der Waals surface area contributed by atoms with Gasteiger partial charge in [-0.25, -0.2) is 0 Å². The van der Waals surface area contributed by atoms with E-state index in [4.69, 9.17) is 4.74 Å². The minimum Gasteiger partial charge on any atom is -0.492 e. The molecule has 0 amide bonds. The maximum absolute atomic E-state index is 5.82. The summed E-state index contributed by atoms with van der Waals surface area (Å²) in [6.45, 7) is 5.31. The molecule has 3 nitrogen and oxygen atoms in total. The van der Waals surface area contributed by atoms with Crippen LogP contribution in [-0.2, 0) is 0 Å². The van der Waals surface area contributed by atoms with E-state index in [2.05, 4.69) is 10.2 Å². The van der Waals surface area contributed by atoms with E-state index in [9.17, 15) is 0 Å². The Morgan fingerprint density at radius 1 is 1.10 bits per heavy atom. The van der Waals surface area contributed by atoms with E-state index in [1.807, 2.05) is 30.3 Å². The van der Waals surface area contributed by atoms with E-state index >= 15 is 0 Å². The molecule has 0 atom stereocenters. The van der Waals surface area contributed by atoms with Gasteiger partial charge in [0.25, 0.3) is 0 Å². The van der Waals surface area contributed by atoms with Crippen LogP contribution in [0.3, 0.4) is 0 Å². The van der Waals surface area contributed by atoms with Crippen molar-refractivity contribution >= 4 is 0 Å². The molecule has 1 N–H and O–H groups in total. The predicted octanol–water partition coefficient (Wildman–Crippen LogP) is 2.67. The zero-order chi connectivity index (χ0) is 13.7. The second-order valence-electron chi connectivity index (χ2n) is 6.21. The maximum atomic E-state index is 5.82. The monoisotopic (exact) mass is 274 g/mol. The number of hydrogen-bond acceptors (Lipinski definition) is 3. The van der Waals surface area contributed by atoms with Crippen LogP contribution in [0.4, 0.5) is 0 Å². The number of nitrogens with zero attached hydrogens (tertiary/aromatic N) is 1. The van der Waals surface area contributed by atoms with Crippen LogP contribution in [0.1, 0.15) is 32.1 Å². The average molecular weight is 274 g/mol. The molecular formula is C17H26N2O. The molecule has 1 heterocycles. The summed E-state index contributed by atoms with van der Waals surface area (Å²) in [4.78, 5) is 2.57. The molecule has 1 aromatic rings. The molecule has 2 fully saturated rings. The van der Waals surface area contributed by atoms with Gasteiger partial charge >= 0.3 is 0 Å². The summed E-state index contributed by atoms with van der Waals surface area (Å²) in [7, 11) is 0. The van der Waals surface area contributed by atoms with Crippen molar-refractivity contribution in [2.45, 2.75) is 37.6 Å². The minimum atomic E-state index is 0.406. The third kappa shape index (κ3) is 3.53. The van der Waals surface area contributed by atoms with Crippen molar-refractivity contribution in [1.29, 1.82) is 0 Å². The summed E-state index contributed by atoms with van der Waals surface area (Å²) in [5, 5.41) is 3.79. The third-order valence-electron chi connectivity index (χ3n) is 4.68. The van der Waals surface area contributed by atoms with Gasteiger partial charge in [-0.05, 0) is 25.0 Å². The van der Waals surface area contributed by atoms with Crippen molar-refractivity contribution in [2.75, 3.05) is 32.8 Å². The first-order valence-electron chi connectivity index (χ1n) is 8.02. The van der Waals surface area contributed by atoms with Gasteiger partial charge in [0.1, 0.15) is 12.4 Å². The molecule has 1 saturated carbocycles. The van der Waals surface area contributed by atoms with Crippen LogP contribution < -0.4 is 10.1 Å². The molecule has 1 spiro atoms. The molecule has 1 saturated heterocycles. The lowest BCUT2D eigenvalue weighted by atomic mass is 9.80. The van der Waals surface area contributed by atoms with E-state index in [0.29, 0.717) is 5.54 Å². The number of ether oxygens (including phenoxy) is 1. The van der Waals surface area contributed by atoms with Gasteiger partial charge in [0, 0.05) is 31.7 Å². The number of rotatable bonds is 4. The number of nitrogens with one attached hydrogen (secondary N) is 1. The minimum absolute atomic E-state index is 0.406. The van der Waals surface area contributed by atoms with Crippen LogP contribution in [0.5, 0.6) is 5.75 Å². The molecule has 0 aromatic heterocycles. The highest BCUT2D eigenvalue weighted by atomic mass is 16.5. The van der Waals surface area contributed by atoms with Crippen molar-refractivity contribution in [3.63, 3.8) is 0 Å². The third-order valence-corrected chi connectivity index (χ3v) is 4.68. The second-order valence-corrected chi connectivity index (χ2v) is 6.21. The molecule has 0 unspecified atom stereocenters. The smallest absolute Gasteiger partial charge is 0.119 e. The van der Waals surface area contributed by atoms with Gasteiger partial charge in [-0.2, -0.15) is 0 Å². The molecule has 2 aliphatic rings. The Morgan fingerprint density at radius 3 is 2.70 bits per heavy atom. The predicted molar refractivity (Wildman–Crippen MR) is 82.2 cm³/mol. The zero-order valence-corrected chi connectivity index (χ0v) is 12.3. The van der Waals surface area contributed by atoms with Gasteiger partial charge in [0.2, 0.25) is 0 Å². The van der Waals surface area contributed by atoms with Crippen molar-refractivity contribution < 1.29 is 4.74 Å². The van der Waals surface area contributed by atoms with Gasteiger partial charge in [0.15, 0.2) is 0 Å². The summed E-state index contributed by atoms with van der Waals surface area (Å²) >= 11 is 0. The quantitative estimate of drug-likeness (QED) is 0.913. The number of para-hydroxylation sites is 1. The summed E-state index contributed by atoms with van der Waals surface area (Å²) in [5.74, 6) is 0.981. The van der Waals surface area contributed by atoms with Crippen LogP contribution in [0.15, 0.2) is 30.3 Å². The van der Waals surface area contributed by atoms with Crippen molar-refractivity contribution in [1.82, 2.24) is 10.2 Å². The molecule has 1 aliphatic carbocycles. The fourth-order valence-electron chi connectivity index (χ4n) is 3.61. The number of benzene rings is 1. The number of hydrogen-bond donors (Lipinski definition) is 1. The van der Waals surface area contributed by atoms with E-state index in [-0.39, 0.29) is 0 Å². The summed E-state index contributed by atoms with van der Waals surface area (Å²) < 4.78 is 5.82. The summed E-state index contributed by atoms with van der Waals surface area (Å²) in [6, 6.07) is 10.1. The average Bonchev–Trinajstić information content (AvgIpc) is 2.49. The molecule has 0 bridgehead atoms. The molecule has 3 heteroatoms.